The number of aromatic nitrogens is 1. The molecule has 0 radical (unpaired) electrons. The van der Waals surface area contributed by atoms with Crippen LogP contribution in [0.3, 0.4) is 0 Å². The Balaban J connectivity index is 1.84. The van der Waals surface area contributed by atoms with Crippen LogP contribution in [0.15, 0.2) is 40.7 Å². The molecular weight excluding hydrogens is 396 g/mol. The number of thioether (sulfide) groups is 1. The summed E-state index contributed by atoms with van der Waals surface area (Å²) in [4.78, 5) is 37.4. The van der Waals surface area contributed by atoms with Gasteiger partial charge >= 0.3 is 5.97 Å². The predicted octanol–water partition coefficient (Wildman–Crippen LogP) is -0.359. The van der Waals surface area contributed by atoms with Crippen molar-refractivity contribution in [3.05, 3.63) is 35.8 Å². The van der Waals surface area contributed by atoms with Gasteiger partial charge in [0.15, 0.2) is 12.4 Å². The Hall–Kier alpha value is -2.90. The van der Waals surface area contributed by atoms with Crippen molar-refractivity contribution < 1.29 is 29.2 Å². The number of β-lactam (4-membered cyclic amide) rings is 1. The van der Waals surface area contributed by atoms with Crippen LogP contribution in [0.5, 0.6) is 0 Å². The number of hydrogen-bond acceptors (Lipinski definition) is 6. The second kappa shape index (κ2) is 8.23. The second-order valence-corrected chi connectivity index (χ2v) is 8.12. The van der Waals surface area contributed by atoms with E-state index < -0.39 is 41.8 Å². The predicted molar refractivity (Wildman–Crippen MR) is 101 cm³/mol. The first-order valence-corrected chi connectivity index (χ1v) is 9.99. The number of carboxylic acid groups (broad SMARTS) is 1. The number of carboxylic acids is 1. The molecule has 0 aliphatic carbocycles. The Morgan fingerprint density at radius 1 is 1.41 bits per heavy atom. The molecular formula is C19H21N4O5S+. The minimum atomic E-state index is -1.21. The van der Waals surface area contributed by atoms with Crippen molar-refractivity contribution in [2.75, 3.05) is 5.75 Å². The van der Waals surface area contributed by atoms with Crippen LogP contribution in [0.2, 0.25) is 0 Å². The van der Waals surface area contributed by atoms with Gasteiger partial charge in [0.2, 0.25) is 12.5 Å². The van der Waals surface area contributed by atoms with Crippen LogP contribution >= 0.6 is 11.8 Å². The number of nitriles is 1. The van der Waals surface area contributed by atoms with Crippen LogP contribution in [0.25, 0.3) is 0 Å². The van der Waals surface area contributed by atoms with Gasteiger partial charge in [0.1, 0.15) is 5.70 Å². The number of aliphatic hydroxyl groups excluding tert-OH is 1. The third-order valence-corrected chi connectivity index (χ3v) is 6.28. The Morgan fingerprint density at radius 3 is 2.59 bits per heavy atom. The smallest absolute Gasteiger partial charge is 0.352 e. The van der Waals surface area contributed by atoms with E-state index in [4.69, 9.17) is 5.73 Å². The number of hydrogen-bond donors (Lipinski definition) is 3. The van der Waals surface area contributed by atoms with Crippen LogP contribution < -0.4 is 10.3 Å². The van der Waals surface area contributed by atoms with Crippen LogP contribution in [0.1, 0.15) is 13.3 Å². The van der Waals surface area contributed by atoms with Crippen LogP contribution in [-0.2, 0) is 20.9 Å². The summed E-state index contributed by atoms with van der Waals surface area (Å²) in [7, 11) is 0. The lowest BCUT2D eigenvalue weighted by molar-refractivity contribution is -0.684. The Morgan fingerprint density at radius 2 is 2.07 bits per heavy atom. The molecule has 0 unspecified atom stereocenters. The Kier molecular flexibility index (Phi) is 5.91. The first-order chi connectivity index (χ1) is 13.8. The SMILES string of the molecule is C[C@@H](O)[C@H]1C(=O)N2C(C(=O)O)=C(CSc3cc[n+](CC(N)=O)cc3)[C@H](CC#N)[C@@H]12. The molecule has 0 spiro atoms. The van der Waals surface area contributed by atoms with E-state index in [1.807, 2.05) is 0 Å². The highest BCUT2D eigenvalue weighted by Crippen LogP contribution is 2.49. The van der Waals surface area contributed by atoms with Gasteiger partial charge < -0.3 is 20.8 Å². The molecule has 29 heavy (non-hydrogen) atoms. The van der Waals surface area contributed by atoms with E-state index in [2.05, 4.69) is 6.07 Å². The zero-order valence-corrected chi connectivity index (χ0v) is 16.5. The maximum atomic E-state index is 12.4. The molecule has 3 rings (SSSR count). The highest BCUT2D eigenvalue weighted by atomic mass is 32.2. The van der Waals surface area contributed by atoms with Gasteiger partial charge in [0, 0.05) is 35.1 Å². The monoisotopic (exact) mass is 417 g/mol. The van der Waals surface area contributed by atoms with Crippen molar-refractivity contribution in [3.8, 4) is 6.07 Å². The number of rotatable bonds is 8. The van der Waals surface area contributed by atoms with E-state index in [1.54, 1.807) is 29.1 Å². The molecule has 1 aromatic heterocycles. The highest BCUT2D eigenvalue weighted by Gasteiger charge is 2.60. The number of nitrogens with zero attached hydrogens (tertiary/aromatic N) is 3. The van der Waals surface area contributed by atoms with E-state index in [9.17, 15) is 29.9 Å². The lowest BCUT2D eigenvalue weighted by Gasteiger charge is -2.46. The fourth-order valence-electron chi connectivity index (χ4n) is 3.99. The third-order valence-electron chi connectivity index (χ3n) is 5.22. The number of nitrogens with two attached hydrogens (primary N) is 1. The maximum Gasteiger partial charge on any atom is 0.352 e. The molecule has 2 amide bonds. The number of aliphatic hydroxyl groups is 1. The van der Waals surface area contributed by atoms with Gasteiger partial charge in [-0.15, -0.1) is 11.8 Å². The lowest BCUT2D eigenvalue weighted by atomic mass is 9.76. The van der Waals surface area contributed by atoms with Crippen molar-refractivity contribution in [2.45, 2.75) is 36.9 Å². The number of aliphatic carboxylic acids is 1. The number of fused-ring (bicyclic) bond motifs is 1. The molecule has 9 nitrogen and oxygen atoms in total. The number of pyridine rings is 1. The molecule has 0 aromatic carbocycles. The Bertz CT molecular complexity index is 922. The average Bonchev–Trinajstić information content (AvgIpc) is 2.91. The van der Waals surface area contributed by atoms with Gasteiger partial charge in [-0.1, -0.05) is 0 Å². The maximum absolute atomic E-state index is 12.4. The summed E-state index contributed by atoms with van der Waals surface area (Å²) >= 11 is 1.38. The van der Waals surface area contributed by atoms with E-state index in [0.717, 1.165) is 4.90 Å². The normalized spacial score (nSPS) is 24.0. The summed E-state index contributed by atoms with van der Waals surface area (Å²) in [6.45, 7) is 1.56. The van der Waals surface area contributed by atoms with Crippen molar-refractivity contribution in [3.63, 3.8) is 0 Å². The number of primary amides is 1. The molecule has 1 fully saturated rings. The molecule has 4 atom stereocenters. The quantitative estimate of drug-likeness (QED) is 0.297. The Labute approximate surface area is 171 Å². The van der Waals surface area contributed by atoms with Gasteiger partial charge in [-0.25, -0.2) is 4.79 Å². The summed E-state index contributed by atoms with van der Waals surface area (Å²) < 4.78 is 1.63. The minimum absolute atomic E-state index is 0.0585. The van der Waals surface area contributed by atoms with E-state index in [-0.39, 0.29) is 18.7 Å². The number of carbonyl (C=O) groups is 3. The summed E-state index contributed by atoms with van der Waals surface area (Å²) in [6, 6.07) is 5.14. The summed E-state index contributed by atoms with van der Waals surface area (Å²) in [5.41, 5.74) is 5.61. The van der Waals surface area contributed by atoms with Crippen LogP contribution in [0, 0.1) is 23.2 Å². The van der Waals surface area contributed by atoms with Crippen LogP contribution in [-0.4, -0.2) is 50.8 Å². The molecule has 1 aromatic rings. The number of carbonyl (C=O) groups excluding carboxylic acids is 2. The molecule has 2 aliphatic rings. The van der Waals surface area contributed by atoms with Crippen molar-refractivity contribution in [1.29, 1.82) is 5.26 Å². The van der Waals surface area contributed by atoms with Gasteiger partial charge in [0.25, 0.3) is 5.91 Å². The number of amides is 2. The van der Waals surface area contributed by atoms with Crippen LogP contribution in [0.4, 0.5) is 0 Å². The van der Waals surface area contributed by atoms with Crippen molar-refractivity contribution in [2.24, 2.45) is 17.6 Å². The third kappa shape index (κ3) is 3.83. The molecule has 152 valence electrons. The van der Waals surface area contributed by atoms with Gasteiger partial charge in [-0.2, -0.15) is 9.83 Å². The minimum Gasteiger partial charge on any atom is -0.477 e. The molecule has 1 saturated heterocycles. The molecule has 0 bridgehead atoms. The summed E-state index contributed by atoms with van der Waals surface area (Å²) in [5.74, 6) is -2.93. The first kappa shape index (κ1) is 20.8. The highest BCUT2D eigenvalue weighted by molar-refractivity contribution is 7.99. The fourth-order valence-corrected chi connectivity index (χ4v) is 4.98. The average molecular weight is 417 g/mol. The van der Waals surface area contributed by atoms with Gasteiger partial charge in [0.05, 0.1) is 24.1 Å². The molecule has 4 N–H and O–H groups in total. The fraction of sp³-hybridized carbons (Fsp3) is 0.421. The van der Waals surface area contributed by atoms with E-state index in [0.29, 0.717) is 11.3 Å². The first-order valence-electron chi connectivity index (χ1n) is 9.00. The largest absolute Gasteiger partial charge is 0.477 e. The molecule has 2 aliphatic heterocycles. The molecule has 0 saturated carbocycles. The molecule has 3 heterocycles. The lowest BCUT2D eigenvalue weighted by Crippen LogP contribution is -2.63. The zero-order chi connectivity index (χ0) is 21.3. The van der Waals surface area contributed by atoms with Crippen molar-refractivity contribution in [1.82, 2.24) is 4.90 Å². The van der Waals surface area contributed by atoms with E-state index >= 15 is 0 Å². The zero-order valence-electron chi connectivity index (χ0n) is 15.7. The topological polar surface area (TPSA) is 149 Å². The second-order valence-electron chi connectivity index (χ2n) is 7.07. The summed E-state index contributed by atoms with van der Waals surface area (Å²) in [6.07, 6.45) is 2.54. The van der Waals surface area contributed by atoms with Gasteiger partial charge in [-0.05, 0) is 12.5 Å². The van der Waals surface area contributed by atoms with Gasteiger partial charge in [-0.3, -0.25) is 9.59 Å². The molecule has 10 heteroatoms. The van der Waals surface area contributed by atoms with Crippen molar-refractivity contribution >= 4 is 29.5 Å². The summed E-state index contributed by atoms with van der Waals surface area (Å²) in [5, 5.41) is 28.9. The standard InChI is InChI=1S/C19H20N4O5S/c1-10(24)15-16-12(2-5-20)13(17(19(27)28)23(16)18(15)26)9-29-11-3-6-22(7-4-11)8-14(21)25/h3-4,6-7,10,12,15-16,24H,2,8-9H2,1H3,(H2-,21,25,27,28)/p+1/t10-,12+,15-,16+/m1/s1. The van der Waals surface area contributed by atoms with E-state index in [1.165, 1.54) is 23.6 Å².